The molecule has 0 bridgehead atoms. The van der Waals surface area contributed by atoms with Gasteiger partial charge in [-0.05, 0) is 34.7 Å². The maximum Gasteiger partial charge on any atom is 0.108 e. The van der Waals surface area contributed by atoms with Crippen LogP contribution in [0.25, 0.3) is 0 Å². The monoisotopic (exact) mass is 229 g/mol. The highest BCUT2D eigenvalue weighted by Gasteiger charge is 2.31. The van der Waals surface area contributed by atoms with Gasteiger partial charge in [0.05, 0.1) is 6.20 Å². The van der Waals surface area contributed by atoms with Crippen molar-refractivity contribution in [2.24, 2.45) is 18.7 Å². The minimum Gasteiger partial charge on any atom is -0.324 e. The summed E-state index contributed by atoms with van der Waals surface area (Å²) in [6.45, 7) is 0. The molecular weight excluding hydrogens is 218 g/mol. The minimum absolute atomic E-state index is 0.174. The molecule has 0 saturated heterocycles. The Morgan fingerprint density at radius 2 is 2.42 bits per heavy atom. The predicted octanol–water partition coefficient (Wildman–Crippen LogP) is 1.59. The summed E-state index contributed by atoms with van der Waals surface area (Å²) in [6.07, 6.45) is 4.39. The molecule has 0 radical (unpaired) electrons. The third-order valence-corrected chi connectivity index (χ3v) is 3.35. The molecule has 1 aliphatic carbocycles. The maximum absolute atomic E-state index is 6.03. The van der Waals surface area contributed by atoms with Gasteiger partial charge < -0.3 is 5.73 Å². The van der Waals surface area contributed by atoms with Gasteiger partial charge in [0.25, 0.3) is 0 Å². The molecule has 0 aliphatic heterocycles. The van der Waals surface area contributed by atoms with Gasteiger partial charge in [-0.2, -0.15) is 5.10 Å². The fraction of sp³-hybridized carbons (Fsp3) is 0.625. The van der Waals surface area contributed by atoms with Gasteiger partial charge in [0, 0.05) is 18.7 Å². The van der Waals surface area contributed by atoms with Crippen LogP contribution in [0.5, 0.6) is 0 Å². The van der Waals surface area contributed by atoms with Crippen molar-refractivity contribution in [3.63, 3.8) is 0 Å². The molecule has 0 amide bonds. The van der Waals surface area contributed by atoms with E-state index in [-0.39, 0.29) is 6.04 Å². The summed E-state index contributed by atoms with van der Waals surface area (Å²) in [5.41, 5.74) is 7.17. The number of nitrogens with zero attached hydrogens (tertiary/aromatic N) is 2. The van der Waals surface area contributed by atoms with E-state index in [1.807, 2.05) is 13.2 Å². The van der Waals surface area contributed by atoms with Gasteiger partial charge in [-0.3, -0.25) is 4.68 Å². The second kappa shape index (κ2) is 2.85. The van der Waals surface area contributed by atoms with E-state index in [9.17, 15) is 0 Å². The Hall–Kier alpha value is -0.350. The topological polar surface area (TPSA) is 43.8 Å². The van der Waals surface area contributed by atoms with E-state index in [2.05, 4.69) is 21.0 Å². The summed E-state index contributed by atoms with van der Waals surface area (Å²) in [4.78, 5) is 0. The molecule has 1 fully saturated rings. The number of nitrogens with two attached hydrogens (primary N) is 1. The smallest absolute Gasteiger partial charge is 0.108 e. The number of aromatic nitrogens is 2. The molecular formula is C8H12BrN3. The van der Waals surface area contributed by atoms with Crippen LogP contribution in [0.1, 0.15) is 24.4 Å². The zero-order valence-corrected chi connectivity index (χ0v) is 8.58. The highest BCUT2D eigenvalue weighted by molar-refractivity contribution is 9.10. The van der Waals surface area contributed by atoms with E-state index in [1.54, 1.807) is 4.68 Å². The van der Waals surface area contributed by atoms with Crippen LogP contribution < -0.4 is 5.73 Å². The Bertz CT molecular complexity index is 290. The van der Waals surface area contributed by atoms with Crippen molar-refractivity contribution in [1.82, 2.24) is 9.78 Å². The third kappa shape index (κ3) is 1.29. The first kappa shape index (κ1) is 8.26. The first-order chi connectivity index (χ1) is 5.70. The zero-order chi connectivity index (χ0) is 8.72. The van der Waals surface area contributed by atoms with Crippen LogP contribution in [0.15, 0.2) is 10.8 Å². The van der Waals surface area contributed by atoms with Gasteiger partial charge in [0.1, 0.15) is 4.60 Å². The van der Waals surface area contributed by atoms with Crippen molar-refractivity contribution in [3.05, 3.63) is 16.4 Å². The summed E-state index contributed by atoms with van der Waals surface area (Å²) in [5.74, 6) is 0.686. The summed E-state index contributed by atoms with van der Waals surface area (Å²) < 4.78 is 2.82. The highest BCUT2D eigenvalue weighted by atomic mass is 79.9. The lowest BCUT2D eigenvalue weighted by molar-refractivity contribution is 0.628. The van der Waals surface area contributed by atoms with Gasteiger partial charge in [0.15, 0.2) is 0 Å². The SMILES string of the molecule is Cn1ncc(C(N)C2CC2)c1Br. The molecule has 0 spiro atoms. The Morgan fingerprint density at radius 1 is 1.75 bits per heavy atom. The standard InChI is InChI=1S/C8H12BrN3/c1-12-8(9)6(4-11-12)7(10)5-2-3-5/h4-5,7H,2-3,10H2,1H3. The fourth-order valence-electron chi connectivity index (χ4n) is 1.37. The first-order valence-corrected chi connectivity index (χ1v) is 4.92. The molecule has 2 rings (SSSR count). The third-order valence-electron chi connectivity index (χ3n) is 2.38. The molecule has 1 heterocycles. The lowest BCUT2D eigenvalue weighted by atomic mass is 10.1. The molecule has 1 saturated carbocycles. The number of halogens is 1. The highest BCUT2D eigenvalue weighted by Crippen LogP contribution is 2.41. The van der Waals surface area contributed by atoms with Gasteiger partial charge in [-0.1, -0.05) is 0 Å². The van der Waals surface area contributed by atoms with Gasteiger partial charge >= 0.3 is 0 Å². The molecule has 1 unspecified atom stereocenters. The van der Waals surface area contributed by atoms with E-state index in [4.69, 9.17) is 5.73 Å². The normalized spacial score (nSPS) is 19.6. The number of hydrogen-bond acceptors (Lipinski definition) is 2. The van der Waals surface area contributed by atoms with Crippen molar-refractivity contribution in [1.29, 1.82) is 0 Å². The summed E-state index contributed by atoms with van der Waals surface area (Å²) in [7, 11) is 1.91. The molecule has 1 aromatic heterocycles. The minimum atomic E-state index is 0.174. The molecule has 4 heteroatoms. The van der Waals surface area contributed by atoms with Crippen LogP contribution in [-0.2, 0) is 7.05 Å². The van der Waals surface area contributed by atoms with Crippen LogP contribution in [0, 0.1) is 5.92 Å². The Labute approximate surface area is 80.1 Å². The number of rotatable bonds is 2. The fourth-order valence-corrected chi connectivity index (χ4v) is 1.83. The Balaban J connectivity index is 2.25. The van der Waals surface area contributed by atoms with Crippen molar-refractivity contribution >= 4 is 15.9 Å². The summed E-state index contributed by atoms with van der Waals surface area (Å²) in [5, 5.41) is 4.14. The zero-order valence-electron chi connectivity index (χ0n) is 7.00. The van der Waals surface area contributed by atoms with Crippen molar-refractivity contribution in [3.8, 4) is 0 Å². The molecule has 66 valence electrons. The van der Waals surface area contributed by atoms with Gasteiger partial charge in [0.2, 0.25) is 0 Å². The Kier molecular flexibility index (Phi) is 1.96. The molecule has 2 N–H and O–H groups in total. The average molecular weight is 230 g/mol. The second-order valence-electron chi connectivity index (χ2n) is 3.38. The summed E-state index contributed by atoms with van der Waals surface area (Å²) in [6, 6.07) is 0.174. The van der Waals surface area contributed by atoms with Crippen molar-refractivity contribution in [2.75, 3.05) is 0 Å². The Morgan fingerprint density at radius 3 is 2.83 bits per heavy atom. The van der Waals surface area contributed by atoms with Gasteiger partial charge in [-0.25, -0.2) is 0 Å². The molecule has 1 aliphatic rings. The summed E-state index contributed by atoms with van der Waals surface area (Å²) >= 11 is 3.47. The van der Waals surface area contributed by atoms with Crippen molar-refractivity contribution < 1.29 is 0 Å². The molecule has 0 aromatic carbocycles. The van der Waals surface area contributed by atoms with E-state index in [0.717, 1.165) is 10.2 Å². The van der Waals surface area contributed by atoms with E-state index in [0.29, 0.717) is 5.92 Å². The second-order valence-corrected chi connectivity index (χ2v) is 4.13. The lowest BCUT2D eigenvalue weighted by Crippen LogP contribution is -2.12. The lowest BCUT2D eigenvalue weighted by Gasteiger charge is -2.07. The van der Waals surface area contributed by atoms with Crippen LogP contribution >= 0.6 is 15.9 Å². The largest absolute Gasteiger partial charge is 0.324 e. The van der Waals surface area contributed by atoms with E-state index < -0.39 is 0 Å². The van der Waals surface area contributed by atoms with Crippen molar-refractivity contribution in [2.45, 2.75) is 18.9 Å². The van der Waals surface area contributed by atoms with Gasteiger partial charge in [-0.15, -0.1) is 0 Å². The number of aryl methyl sites for hydroxylation is 1. The average Bonchev–Trinajstić information content (AvgIpc) is 2.82. The van der Waals surface area contributed by atoms with E-state index >= 15 is 0 Å². The van der Waals surface area contributed by atoms with Crippen LogP contribution in [-0.4, -0.2) is 9.78 Å². The molecule has 3 nitrogen and oxygen atoms in total. The van der Waals surface area contributed by atoms with E-state index in [1.165, 1.54) is 12.8 Å². The van der Waals surface area contributed by atoms with Crippen LogP contribution in [0.3, 0.4) is 0 Å². The number of hydrogen-bond donors (Lipinski definition) is 1. The molecule has 12 heavy (non-hydrogen) atoms. The molecule has 1 aromatic rings. The maximum atomic E-state index is 6.03. The first-order valence-electron chi connectivity index (χ1n) is 4.13. The predicted molar refractivity (Wildman–Crippen MR) is 50.6 cm³/mol. The molecule has 1 atom stereocenters. The quantitative estimate of drug-likeness (QED) is 0.838. The van der Waals surface area contributed by atoms with Crippen LogP contribution in [0.4, 0.5) is 0 Å². The van der Waals surface area contributed by atoms with Crippen LogP contribution in [0.2, 0.25) is 0 Å².